The number of rotatable bonds is 8. The van der Waals surface area contributed by atoms with Gasteiger partial charge in [-0.25, -0.2) is 10.0 Å². The molecule has 3 aliphatic rings. The van der Waals surface area contributed by atoms with Gasteiger partial charge in [0.25, 0.3) is 0 Å². The third-order valence-corrected chi connectivity index (χ3v) is 6.32. The molecule has 0 aromatic heterocycles. The predicted octanol–water partition coefficient (Wildman–Crippen LogP) is 6.49. The van der Waals surface area contributed by atoms with Crippen molar-refractivity contribution in [3.63, 3.8) is 0 Å². The lowest BCUT2D eigenvalue weighted by Gasteiger charge is -2.34. The first-order valence-corrected chi connectivity index (χ1v) is 11.9. The number of nitrogens with zero attached hydrogens (tertiary/aromatic N) is 4. The van der Waals surface area contributed by atoms with Crippen LogP contribution in [0.5, 0.6) is 0 Å². The minimum Gasteiger partial charge on any atom is -0.367 e. The van der Waals surface area contributed by atoms with E-state index in [-0.39, 0.29) is 5.92 Å². The average molecular weight is 449 g/mol. The normalized spacial score (nSPS) is 20.4. The van der Waals surface area contributed by atoms with Crippen LogP contribution in [0.15, 0.2) is 112 Å². The number of hydrogen-bond donors (Lipinski definition) is 0. The van der Waals surface area contributed by atoms with Crippen LogP contribution in [0, 0.1) is 12.1 Å². The van der Waals surface area contributed by atoms with Gasteiger partial charge < -0.3 is 4.90 Å². The molecule has 4 heteroatoms. The van der Waals surface area contributed by atoms with Gasteiger partial charge >= 0.3 is 0 Å². The zero-order chi connectivity index (χ0) is 23.8. The van der Waals surface area contributed by atoms with Crippen LogP contribution < -0.4 is 0 Å². The van der Waals surface area contributed by atoms with E-state index in [2.05, 4.69) is 97.0 Å². The van der Waals surface area contributed by atoms with E-state index in [9.17, 15) is 0 Å². The van der Waals surface area contributed by atoms with Gasteiger partial charge in [-0.15, -0.1) is 0 Å². The second-order valence-electron chi connectivity index (χ2n) is 8.60. The highest BCUT2D eigenvalue weighted by Gasteiger charge is 2.23. The van der Waals surface area contributed by atoms with Gasteiger partial charge in [0.2, 0.25) is 0 Å². The van der Waals surface area contributed by atoms with Gasteiger partial charge in [-0.1, -0.05) is 73.4 Å². The largest absolute Gasteiger partial charge is 0.367 e. The zero-order valence-corrected chi connectivity index (χ0v) is 20.0. The molecule has 1 atom stereocenters. The van der Waals surface area contributed by atoms with Gasteiger partial charge in [0.1, 0.15) is 0 Å². The summed E-state index contributed by atoms with van der Waals surface area (Å²) in [6, 6.07) is 12.3. The van der Waals surface area contributed by atoms with E-state index in [0.29, 0.717) is 0 Å². The van der Waals surface area contributed by atoms with Crippen molar-refractivity contribution < 1.29 is 0 Å². The summed E-state index contributed by atoms with van der Waals surface area (Å²) >= 11 is 0. The predicted molar refractivity (Wildman–Crippen MR) is 142 cm³/mol. The van der Waals surface area contributed by atoms with E-state index in [1.807, 2.05) is 18.3 Å². The van der Waals surface area contributed by atoms with E-state index in [1.165, 1.54) is 0 Å². The van der Waals surface area contributed by atoms with Gasteiger partial charge in [-0.2, -0.15) is 5.10 Å². The monoisotopic (exact) mass is 448 g/mol. The zero-order valence-electron chi connectivity index (χ0n) is 20.0. The molecular weight excluding hydrogens is 416 g/mol. The minimum absolute atomic E-state index is 0.245. The van der Waals surface area contributed by atoms with E-state index in [0.717, 1.165) is 72.7 Å². The molecule has 0 fully saturated rings. The van der Waals surface area contributed by atoms with Crippen LogP contribution in [0.4, 0.5) is 0 Å². The highest BCUT2D eigenvalue weighted by atomic mass is 15.5. The molecule has 0 spiro atoms. The fourth-order valence-electron chi connectivity index (χ4n) is 4.35. The molecule has 1 unspecified atom stereocenters. The highest BCUT2D eigenvalue weighted by Crippen LogP contribution is 2.30. The van der Waals surface area contributed by atoms with Crippen molar-refractivity contribution in [2.45, 2.75) is 38.5 Å². The Labute approximate surface area is 204 Å². The van der Waals surface area contributed by atoms with Crippen LogP contribution >= 0.6 is 0 Å². The number of aliphatic imine (C=N–C) groups is 1. The summed E-state index contributed by atoms with van der Waals surface area (Å²) in [5, 5.41) is 6.17. The van der Waals surface area contributed by atoms with E-state index >= 15 is 0 Å². The number of hydrazone groups is 1. The van der Waals surface area contributed by atoms with Crippen LogP contribution in [0.2, 0.25) is 0 Å². The Morgan fingerprint density at radius 3 is 2.85 bits per heavy atom. The molecule has 4 nitrogen and oxygen atoms in total. The number of allylic oxidation sites excluding steroid dienone is 9. The molecule has 34 heavy (non-hydrogen) atoms. The topological polar surface area (TPSA) is 31.2 Å². The number of hydrogen-bond acceptors (Lipinski definition) is 4. The SMILES string of the molecule is C=NN(C(=C)C1=CC=CCC1)C(/N=C/C1=CCCC=C1)=C(\C)N1CC=CC(c2c#cccc2)C1. The van der Waals surface area contributed by atoms with Crippen LogP contribution in [-0.2, 0) is 0 Å². The molecule has 0 bridgehead atoms. The van der Waals surface area contributed by atoms with Crippen molar-refractivity contribution in [3.8, 4) is 0 Å². The fourth-order valence-corrected chi connectivity index (χ4v) is 4.35. The van der Waals surface area contributed by atoms with Crippen LogP contribution in [0.25, 0.3) is 0 Å². The maximum atomic E-state index is 4.95. The summed E-state index contributed by atoms with van der Waals surface area (Å²) in [6.45, 7) is 12.0. The van der Waals surface area contributed by atoms with Crippen LogP contribution in [-0.4, -0.2) is 35.9 Å². The maximum absolute atomic E-state index is 4.95. The summed E-state index contributed by atoms with van der Waals surface area (Å²) in [4.78, 5) is 7.29. The summed E-state index contributed by atoms with van der Waals surface area (Å²) in [7, 11) is 0. The lowest BCUT2D eigenvalue weighted by Crippen LogP contribution is -2.32. The Morgan fingerprint density at radius 1 is 1.24 bits per heavy atom. The first-order chi connectivity index (χ1) is 16.7. The van der Waals surface area contributed by atoms with Crippen molar-refractivity contribution in [2.24, 2.45) is 10.1 Å². The van der Waals surface area contributed by atoms with Gasteiger partial charge in [-0.3, -0.25) is 0 Å². The van der Waals surface area contributed by atoms with Crippen molar-refractivity contribution in [2.75, 3.05) is 13.1 Å². The average Bonchev–Trinajstić information content (AvgIpc) is 2.92. The third-order valence-electron chi connectivity index (χ3n) is 6.32. The fraction of sp³-hybridized carbons (Fsp3) is 0.267. The molecule has 0 amide bonds. The smallest absolute Gasteiger partial charge is 0.172 e. The van der Waals surface area contributed by atoms with E-state index < -0.39 is 0 Å². The standard InChI is InChI=1S/C30H32N4/c1-24(27-16-9-5-10-17-27)34(31-3)30(32-22-26-14-7-4-8-15-26)25(2)33-21-13-20-29(23-33)28-18-11-6-12-19-28/h5-7,9,11,13-16,18,20,22,29H,1,3-4,8,10,17,21,23H2,2H3/b30-25+,32-22+. The lowest BCUT2D eigenvalue weighted by molar-refractivity contribution is 0.331. The Kier molecular flexibility index (Phi) is 7.78. The Hall–Kier alpha value is -3.84. The maximum Gasteiger partial charge on any atom is 0.172 e. The molecule has 1 heterocycles. The molecule has 0 radical (unpaired) electrons. The van der Waals surface area contributed by atoms with Crippen LogP contribution in [0.1, 0.15) is 44.1 Å². The Bertz CT molecular complexity index is 1110. The molecule has 4 rings (SSSR count). The first-order valence-electron chi connectivity index (χ1n) is 11.9. The molecule has 0 saturated carbocycles. The summed E-state index contributed by atoms with van der Waals surface area (Å²) in [5.41, 5.74) is 5.25. The first kappa shape index (κ1) is 23.3. The molecule has 1 aromatic rings. The lowest BCUT2D eigenvalue weighted by atomic mass is 9.96. The summed E-state index contributed by atoms with van der Waals surface area (Å²) in [5.74, 6) is 0.989. The van der Waals surface area contributed by atoms with Crippen molar-refractivity contribution >= 4 is 12.9 Å². The second kappa shape index (κ2) is 11.3. The van der Waals surface area contributed by atoms with Crippen LogP contribution in [0.3, 0.4) is 0 Å². The van der Waals surface area contributed by atoms with Crippen molar-refractivity contribution in [3.05, 3.63) is 119 Å². The van der Waals surface area contributed by atoms with Gasteiger partial charge in [0.05, 0.1) is 11.4 Å². The molecule has 0 N–H and O–H groups in total. The molecular formula is C30H32N4. The van der Waals surface area contributed by atoms with E-state index in [1.54, 1.807) is 5.01 Å². The highest BCUT2D eigenvalue weighted by molar-refractivity contribution is 5.83. The minimum atomic E-state index is 0.245. The van der Waals surface area contributed by atoms with Gasteiger partial charge in [-0.05, 0) is 55.9 Å². The second-order valence-corrected chi connectivity index (χ2v) is 8.60. The molecule has 0 saturated heterocycles. The van der Waals surface area contributed by atoms with Crippen molar-refractivity contribution in [1.82, 2.24) is 9.91 Å². The van der Waals surface area contributed by atoms with Gasteiger partial charge in [0.15, 0.2) is 5.82 Å². The molecule has 172 valence electrons. The third kappa shape index (κ3) is 5.55. The Balaban J connectivity index is 1.68. The molecule has 1 aromatic carbocycles. The van der Waals surface area contributed by atoms with Gasteiger partial charge in [0, 0.05) is 37.5 Å². The summed E-state index contributed by atoms with van der Waals surface area (Å²) in [6.07, 6.45) is 23.3. The van der Waals surface area contributed by atoms with Crippen molar-refractivity contribution in [1.29, 1.82) is 0 Å². The molecule has 1 aliphatic heterocycles. The quantitative estimate of drug-likeness (QED) is 0.259. The van der Waals surface area contributed by atoms with E-state index in [4.69, 9.17) is 4.99 Å². The Morgan fingerprint density at radius 2 is 2.15 bits per heavy atom. The molecule has 2 aliphatic carbocycles. The summed E-state index contributed by atoms with van der Waals surface area (Å²) < 4.78 is 0.